The lowest BCUT2D eigenvalue weighted by Gasteiger charge is -2.32. The fraction of sp³-hybridized carbons (Fsp3) is 0.909. The quantitative estimate of drug-likeness (QED) is 0.783. The topological polar surface area (TPSA) is 43.8 Å². The molecule has 5 heteroatoms. The van der Waals surface area contributed by atoms with Gasteiger partial charge in [-0.3, -0.25) is 0 Å². The van der Waals surface area contributed by atoms with Crippen molar-refractivity contribution in [3.63, 3.8) is 0 Å². The van der Waals surface area contributed by atoms with Crippen LogP contribution in [0.25, 0.3) is 0 Å². The SMILES string of the molecule is O=C(O)N1CCC[C@H]1CN1CCC(F)CC1. The second-order valence-electron chi connectivity index (χ2n) is 4.75. The molecule has 92 valence electrons. The minimum absolute atomic E-state index is 0.119. The smallest absolute Gasteiger partial charge is 0.407 e. The van der Waals surface area contributed by atoms with E-state index in [0.29, 0.717) is 19.4 Å². The Kier molecular flexibility index (Phi) is 3.63. The first-order valence-electron chi connectivity index (χ1n) is 6.03. The van der Waals surface area contributed by atoms with Gasteiger partial charge in [0.15, 0.2) is 0 Å². The number of piperidine rings is 1. The zero-order valence-electron chi connectivity index (χ0n) is 9.44. The van der Waals surface area contributed by atoms with E-state index in [2.05, 4.69) is 4.90 Å². The molecule has 2 heterocycles. The van der Waals surface area contributed by atoms with E-state index in [0.717, 1.165) is 32.5 Å². The summed E-state index contributed by atoms with van der Waals surface area (Å²) in [6.07, 6.45) is 1.62. The van der Waals surface area contributed by atoms with Gasteiger partial charge in [0.1, 0.15) is 6.17 Å². The van der Waals surface area contributed by atoms with Crippen molar-refractivity contribution >= 4 is 6.09 Å². The first-order chi connectivity index (χ1) is 7.66. The fourth-order valence-corrected chi connectivity index (χ4v) is 2.66. The van der Waals surface area contributed by atoms with Crippen LogP contribution in [-0.4, -0.2) is 59.4 Å². The van der Waals surface area contributed by atoms with Gasteiger partial charge in [-0.2, -0.15) is 0 Å². The third-order valence-electron chi connectivity index (χ3n) is 3.61. The van der Waals surface area contributed by atoms with E-state index in [1.54, 1.807) is 0 Å². The number of rotatable bonds is 2. The maximum atomic E-state index is 12.9. The Morgan fingerprint density at radius 2 is 1.94 bits per heavy atom. The van der Waals surface area contributed by atoms with E-state index < -0.39 is 12.3 Å². The normalized spacial score (nSPS) is 28.6. The Morgan fingerprint density at radius 1 is 1.25 bits per heavy atom. The molecule has 4 nitrogen and oxygen atoms in total. The van der Waals surface area contributed by atoms with Gasteiger partial charge in [-0.25, -0.2) is 9.18 Å². The van der Waals surface area contributed by atoms with E-state index in [4.69, 9.17) is 5.11 Å². The summed E-state index contributed by atoms with van der Waals surface area (Å²) in [6.45, 7) is 2.97. The second-order valence-corrected chi connectivity index (χ2v) is 4.75. The standard InChI is InChI=1S/C11H19FN2O2/c12-9-3-6-13(7-4-9)8-10-2-1-5-14(10)11(15)16/h9-10H,1-8H2,(H,15,16)/t10-/m0/s1. The van der Waals surface area contributed by atoms with Crippen LogP contribution < -0.4 is 0 Å². The molecule has 1 amide bonds. The minimum Gasteiger partial charge on any atom is -0.465 e. The number of likely N-dealkylation sites (tertiary alicyclic amines) is 2. The highest BCUT2D eigenvalue weighted by Crippen LogP contribution is 2.20. The third-order valence-corrected chi connectivity index (χ3v) is 3.61. The molecule has 0 aromatic rings. The lowest BCUT2D eigenvalue weighted by Crippen LogP contribution is -2.45. The molecule has 1 atom stereocenters. The van der Waals surface area contributed by atoms with Crippen molar-refractivity contribution in [1.29, 1.82) is 0 Å². The maximum absolute atomic E-state index is 12.9. The minimum atomic E-state index is -0.817. The van der Waals surface area contributed by atoms with Crippen molar-refractivity contribution in [2.45, 2.75) is 37.9 Å². The van der Waals surface area contributed by atoms with Gasteiger partial charge in [0.25, 0.3) is 0 Å². The largest absolute Gasteiger partial charge is 0.465 e. The van der Waals surface area contributed by atoms with Crippen LogP contribution in [0.15, 0.2) is 0 Å². The van der Waals surface area contributed by atoms with Gasteiger partial charge in [0, 0.05) is 32.2 Å². The molecule has 0 bridgehead atoms. The predicted molar refractivity (Wildman–Crippen MR) is 58.3 cm³/mol. The molecular formula is C11H19FN2O2. The molecule has 2 saturated heterocycles. The van der Waals surface area contributed by atoms with Crippen LogP contribution in [0.2, 0.25) is 0 Å². The molecule has 0 saturated carbocycles. The van der Waals surface area contributed by atoms with Crippen LogP contribution in [0.3, 0.4) is 0 Å². The van der Waals surface area contributed by atoms with Crippen LogP contribution >= 0.6 is 0 Å². The van der Waals surface area contributed by atoms with Crippen molar-refractivity contribution < 1.29 is 14.3 Å². The van der Waals surface area contributed by atoms with Gasteiger partial charge in [-0.1, -0.05) is 0 Å². The lowest BCUT2D eigenvalue weighted by atomic mass is 10.1. The number of alkyl halides is 1. The zero-order chi connectivity index (χ0) is 11.5. The molecule has 0 radical (unpaired) electrons. The first kappa shape index (κ1) is 11.6. The number of halogens is 1. The van der Waals surface area contributed by atoms with Gasteiger partial charge < -0.3 is 14.9 Å². The molecule has 1 N–H and O–H groups in total. The summed E-state index contributed by atoms with van der Waals surface area (Å²) in [6, 6.07) is 0.119. The van der Waals surface area contributed by atoms with Crippen molar-refractivity contribution in [1.82, 2.24) is 9.80 Å². The van der Waals surface area contributed by atoms with E-state index in [1.165, 1.54) is 4.90 Å². The van der Waals surface area contributed by atoms with Crippen molar-refractivity contribution in [2.24, 2.45) is 0 Å². The Bertz CT molecular complexity index is 254. The summed E-state index contributed by atoms with van der Waals surface area (Å²) in [7, 11) is 0. The van der Waals surface area contributed by atoms with Gasteiger partial charge in [0.2, 0.25) is 0 Å². The van der Waals surface area contributed by atoms with Crippen molar-refractivity contribution in [2.75, 3.05) is 26.2 Å². The van der Waals surface area contributed by atoms with Crippen molar-refractivity contribution in [3.8, 4) is 0 Å². The van der Waals surface area contributed by atoms with E-state index in [9.17, 15) is 9.18 Å². The average molecular weight is 230 g/mol. The molecule has 0 aliphatic carbocycles. The van der Waals surface area contributed by atoms with E-state index in [1.807, 2.05) is 0 Å². The number of hydrogen-bond donors (Lipinski definition) is 1. The third kappa shape index (κ3) is 2.64. The summed E-state index contributed by atoms with van der Waals surface area (Å²) < 4.78 is 12.9. The molecule has 2 aliphatic heterocycles. The lowest BCUT2D eigenvalue weighted by molar-refractivity contribution is 0.104. The maximum Gasteiger partial charge on any atom is 0.407 e. The molecule has 0 spiro atoms. The Hall–Kier alpha value is -0.840. The number of nitrogens with zero attached hydrogens (tertiary/aromatic N) is 2. The summed E-state index contributed by atoms with van der Waals surface area (Å²) in [4.78, 5) is 14.7. The summed E-state index contributed by atoms with van der Waals surface area (Å²) in [5.74, 6) is 0. The number of amides is 1. The second kappa shape index (κ2) is 4.99. The van der Waals surface area contributed by atoms with Gasteiger partial charge in [0.05, 0.1) is 0 Å². The van der Waals surface area contributed by atoms with E-state index >= 15 is 0 Å². The predicted octanol–water partition coefficient (Wildman–Crippen LogP) is 1.56. The van der Waals surface area contributed by atoms with Gasteiger partial charge in [-0.15, -0.1) is 0 Å². The highest BCUT2D eigenvalue weighted by Gasteiger charge is 2.30. The highest BCUT2D eigenvalue weighted by molar-refractivity contribution is 5.65. The molecule has 2 fully saturated rings. The molecule has 2 aliphatic rings. The number of carbonyl (C=O) groups is 1. The molecule has 0 aromatic heterocycles. The fourth-order valence-electron chi connectivity index (χ4n) is 2.66. The van der Waals surface area contributed by atoms with Crippen LogP contribution in [0, 0.1) is 0 Å². The Balaban J connectivity index is 1.82. The van der Waals surface area contributed by atoms with Crippen molar-refractivity contribution in [3.05, 3.63) is 0 Å². The van der Waals surface area contributed by atoms with Crippen LogP contribution in [0.4, 0.5) is 9.18 Å². The van der Waals surface area contributed by atoms with Crippen LogP contribution in [-0.2, 0) is 0 Å². The molecule has 0 unspecified atom stereocenters. The summed E-state index contributed by atoms with van der Waals surface area (Å²) in [5.41, 5.74) is 0. The molecule has 0 aromatic carbocycles. The average Bonchev–Trinajstić information content (AvgIpc) is 2.69. The van der Waals surface area contributed by atoms with Gasteiger partial charge >= 0.3 is 6.09 Å². The zero-order valence-corrected chi connectivity index (χ0v) is 9.44. The summed E-state index contributed by atoms with van der Waals surface area (Å²) in [5, 5.41) is 9.00. The molecule has 16 heavy (non-hydrogen) atoms. The summed E-state index contributed by atoms with van der Waals surface area (Å²) >= 11 is 0. The first-order valence-corrected chi connectivity index (χ1v) is 6.03. The van der Waals surface area contributed by atoms with E-state index in [-0.39, 0.29) is 6.04 Å². The number of carboxylic acid groups (broad SMARTS) is 1. The Labute approximate surface area is 95.0 Å². The molecule has 2 rings (SSSR count). The highest BCUT2D eigenvalue weighted by atomic mass is 19.1. The monoisotopic (exact) mass is 230 g/mol. The van der Waals surface area contributed by atoms with Gasteiger partial charge in [-0.05, 0) is 25.7 Å². The molecular weight excluding hydrogens is 211 g/mol. The van der Waals surface area contributed by atoms with Crippen LogP contribution in [0.5, 0.6) is 0 Å². The number of hydrogen-bond acceptors (Lipinski definition) is 2. The Morgan fingerprint density at radius 3 is 2.56 bits per heavy atom. The van der Waals surface area contributed by atoms with Crippen LogP contribution in [0.1, 0.15) is 25.7 Å².